The topological polar surface area (TPSA) is 87.7 Å². The van der Waals surface area contributed by atoms with Crippen molar-refractivity contribution < 1.29 is 19.4 Å². The van der Waals surface area contributed by atoms with Crippen molar-refractivity contribution in [2.24, 2.45) is 5.92 Å². The van der Waals surface area contributed by atoms with Crippen LogP contribution in [0.1, 0.15) is 52.7 Å². The Morgan fingerprint density at radius 3 is 2.21 bits per heavy atom. The van der Waals surface area contributed by atoms with Crippen LogP contribution in [-0.4, -0.2) is 36.1 Å². The number of carboxylic acids is 1. The Morgan fingerprint density at radius 2 is 1.48 bits per heavy atom. The number of nitrogens with one attached hydrogen (secondary N) is 2. The summed E-state index contributed by atoms with van der Waals surface area (Å²) in [7, 11) is 0. The first-order chi connectivity index (χ1) is 20.6. The molecule has 6 heteroatoms. The molecule has 1 fully saturated rings. The predicted molar refractivity (Wildman–Crippen MR) is 168 cm³/mol. The molecule has 42 heavy (non-hydrogen) atoms. The first-order valence-corrected chi connectivity index (χ1v) is 14.8. The summed E-state index contributed by atoms with van der Waals surface area (Å²) >= 11 is 0. The van der Waals surface area contributed by atoms with Crippen LogP contribution in [0.2, 0.25) is 0 Å². The molecule has 6 nitrogen and oxygen atoms in total. The summed E-state index contributed by atoms with van der Waals surface area (Å²) in [6, 6.07) is 31.2. The van der Waals surface area contributed by atoms with Crippen LogP contribution in [0, 0.1) is 5.92 Å². The van der Waals surface area contributed by atoms with Gasteiger partial charge in [0.1, 0.15) is 18.4 Å². The van der Waals surface area contributed by atoms with Crippen molar-refractivity contribution >= 4 is 23.1 Å². The van der Waals surface area contributed by atoms with Gasteiger partial charge in [-0.15, -0.1) is 0 Å². The van der Waals surface area contributed by atoms with E-state index in [0.29, 0.717) is 30.0 Å². The summed E-state index contributed by atoms with van der Waals surface area (Å²) in [6.07, 6.45) is 6.75. The number of benzene rings is 4. The van der Waals surface area contributed by atoms with E-state index in [-0.39, 0.29) is 12.2 Å². The van der Waals surface area contributed by atoms with E-state index in [1.165, 1.54) is 36.9 Å². The number of hydrogen-bond donors (Lipinski definition) is 3. The maximum absolute atomic E-state index is 13.1. The lowest BCUT2D eigenvalue weighted by Crippen LogP contribution is -2.32. The molecule has 0 amide bonds. The fourth-order valence-corrected chi connectivity index (χ4v) is 5.65. The van der Waals surface area contributed by atoms with Gasteiger partial charge in [-0.3, -0.25) is 4.79 Å². The summed E-state index contributed by atoms with van der Waals surface area (Å²) in [5.74, 6) is 0.385. The van der Waals surface area contributed by atoms with E-state index in [9.17, 15) is 14.7 Å². The number of hydrogen-bond acceptors (Lipinski definition) is 5. The third kappa shape index (κ3) is 7.78. The summed E-state index contributed by atoms with van der Waals surface area (Å²) in [4.78, 5) is 25.2. The van der Waals surface area contributed by atoms with Crippen molar-refractivity contribution in [2.75, 3.05) is 23.8 Å². The molecule has 1 unspecified atom stereocenters. The minimum absolute atomic E-state index is 0.156. The van der Waals surface area contributed by atoms with Crippen LogP contribution in [0.25, 0.3) is 0 Å². The Kier molecular flexibility index (Phi) is 9.89. The van der Waals surface area contributed by atoms with E-state index in [1.807, 2.05) is 42.5 Å². The van der Waals surface area contributed by atoms with E-state index in [2.05, 4.69) is 34.9 Å². The van der Waals surface area contributed by atoms with E-state index in [1.54, 1.807) is 36.4 Å². The van der Waals surface area contributed by atoms with Gasteiger partial charge in [-0.25, -0.2) is 4.79 Å². The molecule has 4 aromatic carbocycles. The van der Waals surface area contributed by atoms with Gasteiger partial charge in [-0.2, -0.15) is 0 Å². The third-order valence-corrected chi connectivity index (χ3v) is 7.89. The van der Waals surface area contributed by atoms with E-state index < -0.39 is 12.0 Å². The van der Waals surface area contributed by atoms with Gasteiger partial charge in [0.2, 0.25) is 0 Å². The summed E-state index contributed by atoms with van der Waals surface area (Å²) in [5.41, 5.74) is 4.90. The van der Waals surface area contributed by atoms with E-state index >= 15 is 0 Å². The first kappa shape index (κ1) is 28.9. The summed E-state index contributed by atoms with van der Waals surface area (Å²) in [5, 5.41) is 16.6. The monoisotopic (exact) mass is 562 g/mol. The van der Waals surface area contributed by atoms with Crippen LogP contribution in [0.15, 0.2) is 103 Å². The van der Waals surface area contributed by atoms with E-state index in [4.69, 9.17) is 4.74 Å². The Hall–Kier alpha value is -4.58. The molecule has 1 saturated carbocycles. The number of carboxylic acid groups (broad SMARTS) is 1. The molecule has 0 aromatic heterocycles. The molecule has 0 bridgehead atoms. The number of ether oxygens (including phenoxy) is 1. The molecule has 0 heterocycles. The number of rotatable bonds is 14. The molecule has 0 saturated heterocycles. The minimum atomic E-state index is -0.989. The Bertz CT molecular complexity index is 1460. The molecule has 1 aliphatic rings. The maximum Gasteiger partial charge on any atom is 0.326 e. The standard InChI is InChI=1S/C36H38N2O4/c39-35(28-12-2-1-3-13-28)31-15-7-9-17-33(31)38-34(36(40)41)25-27-18-20-30(21-19-27)42-23-22-37-32-16-8-6-14-29(32)24-26-10-4-5-11-26/h1-3,6-9,12-21,26,34,37-38H,4-5,10-11,22-25H2,(H,40,41). The zero-order valence-corrected chi connectivity index (χ0v) is 23.8. The van der Waals surface area contributed by atoms with Crippen molar-refractivity contribution in [1.82, 2.24) is 0 Å². The maximum atomic E-state index is 13.1. The molecule has 1 aliphatic carbocycles. The molecular formula is C36H38N2O4. The zero-order chi connectivity index (χ0) is 29.1. The fourth-order valence-electron chi connectivity index (χ4n) is 5.65. The van der Waals surface area contributed by atoms with Crippen molar-refractivity contribution in [2.45, 2.75) is 44.6 Å². The smallest absolute Gasteiger partial charge is 0.326 e. The Morgan fingerprint density at radius 1 is 0.810 bits per heavy atom. The van der Waals surface area contributed by atoms with Gasteiger partial charge in [-0.05, 0) is 53.8 Å². The second-order valence-corrected chi connectivity index (χ2v) is 10.9. The number of carbonyl (C=O) groups is 2. The molecule has 0 aliphatic heterocycles. The number of ketones is 1. The normalized spacial score (nSPS) is 13.8. The van der Waals surface area contributed by atoms with Crippen LogP contribution in [0.5, 0.6) is 5.75 Å². The van der Waals surface area contributed by atoms with Gasteiger partial charge in [0, 0.05) is 35.5 Å². The molecule has 3 N–H and O–H groups in total. The van der Waals surface area contributed by atoms with Crippen LogP contribution in [0.3, 0.4) is 0 Å². The average Bonchev–Trinajstić information content (AvgIpc) is 3.54. The van der Waals surface area contributed by atoms with Crippen molar-refractivity contribution in [3.8, 4) is 5.75 Å². The Labute approximate surface area is 247 Å². The largest absolute Gasteiger partial charge is 0.492 e. The molecule has 216 valence electrons. The van der Waals surface area contributed by atoms with Gasteiger partial charge >= 0.3 is 5.97 Å². The summed E-state index contributed by atoms with van der Waals surface area (Å²) in [6.45, 7) is 1.21. The number of para-hydroxylation sites is 2. The van der Waals surface area contributed by atoms with Crippen molar-refractivity contribution in [1.29, 1.82) is 0 Å². The van der Waals surface area contributed by atoms with Crippen LogP contribution >= 0.6 is 0 Å². The zero-order valence-electron chi connectivity index (χ0n) is 23.8. The lowest BCUT2D eigenvalue weighted by molar-refractivity contribution is -0.137. The van der Waals surface area contributed by atoms with Crippen molar-refractivity contribution in [3.05, 3.63) is 125 Å². The summed E-state index contributed by atoms with van der Waals surface area (Å²) < 4.78 is 5.96. The van der Waals surface area contributed by atoms with Gasteiger partial charge in [0.05, 0.1) is 0 Å². The molecular weight excluding hydrogens is 524 g/mol. The first-order valence-electron chi connectivity index (χ1n) is 14.8. The molecule has 1 atom stereocenters. The lowest BCUT2D eigenvalue weighted by atomic mass is 9.97. The number of carbonyl (C=O) groups excluding carboxylic acids is 1. The lowest BCUT2D eigenvalue weighted by Gasteiger charge is -2.18. The van der Waals surface area contributed by atoms with E-state index in [0.717, 1.165) is 23.7 Å². The average molecular weight is 563 g/mol. The highest BCUT2D eigenvalue weighted by Crippen LogP contribution is 2.30. The molecule has 0 spiro atoms. The fraction of sp³-hybridized carbons (Fsp3) is 0.278. The van der Waals surface area contributed by atoms with Gasteiger partial charge in [0.15, 0.2) is 5.78 Å². The van der Waals surface area contributed by atoms with Crippen molar-refractivity contribution in [3.63, 3.8) is 0 Å². The highest BCUT2D eigenvalue weighted by molar-refractivity contribution is 6.12. The van der Waals surface area contributed by atoms with Gasteiger partial charge < -0.3 is 20.5 Å². The molecule has 4 aromatic rings. The van der Waals surface area contributed by atoms with Crippen LogP contribution in [0.4, 0.5) is 11.4 Å². The van der Waals surface area contributed by atoms with Gasteiger partial charge in [-0.1, -0.05) is 98.5 Å². The highest BCUT2D eigenvalue weighted by Gasteiger charge is 2.21. The second kappa shape index (κ2) is 14.4. The SMILES string of the molecule is O=C(c1ccccc1)c1ccccc1NC(Cc1ccc(OCCNc2ccccc2CC2CCCC2)cc1)C(=O)O. The molecule has 5 rings (SSSR count). The quantitative estimate of drug-likeness (QED) is 0.111. The predicted octanol–water partition coefficient (Wildman–Crippen LogP) is 7.25. The van der Waals surface area contributed by atoms with Crippen LogP contribution in [-0.2, 0) is 17.6 Å². The second-order valence-electron chi connectivity index (χ2n) is 10.9. The number of anilines is 2. The number of aliphatic carboxylic acids is 1. The Balaban J connectivity index is 1.14. The highest BCUT2D eigenvalue weighted by atomic mass is 16.5. The van der Waals surface area contributed by atoms with Crippen LogP contribution < -0.4 is 15.4 Å². The molecule has 0 radical (unpaired) electrons. The third-order valence-electron chi connectivity index (χ3n) is 7.89. The minimum Gasteiger partial charge on any atom is -0.492 e. The van der Waals surface area contributed by atoms with Gasteiger partial charge in [0.25, 0.3) is 0 Å².